The van der Waals surface area contributed by atoms with Crippen LogP contribution in [-0.4, -0.2) is 39.3 Å². The summed E-state index contributed by atoms with van der Waals surface area (Å²) in [7, 11) is 1.81. The third-order valence-electron chi connectivity index (χ3n) is 7.23. The van der Waals surface area contributed by atoms with Crippen LogP contribution in [0, 0.1) is 6.92 Å². The molecule has 41 heavy (non-hydrogen) atoms. The summed E-state index contributed by atoms with van der Waals surface area (Å²) in [6.45, 7) is 14.4. The van der Waals surface area contributed by atoms with Gasteiger partial charge in [0.25, 0.3) is 11.8 Å². The first kappa shape index (κ1) is 29.5. The van der Waals surface area contributed by atoms with Gasteiger partial charge in [0.05, 0.1) is 5.69 Å². The van der Waals surface area contributed by atoms with Crippen LogP contribution >= 0.6 is 0 Å². The van der Waals surface area contributed by atoms with Gasteiger partial charge in [-0.25, -0.2) is 9.97 Å². The molecule has 0 aliphatic carbocycles. The highest BCUT2D eigenvalue weighted by Crippen LogP contribution is 2.29. The van der Waals surface area contributed by atoms with Gasteiger partial charge < -0.3 is 15.5 Å². The maximum atomic E-state index is 13.0. The summed E-state index contributed by atoms with van der Waals surface area (Å²) in [6, 6.07) is 22.6. The molecule has 3 aromatic carbocycles. The van der Waals surface area contributed by atoms with Crippen LogP contribution in [0.4, 0.5) is 17.3 Å². The molecule has 0 atom stereocenters. The number of anilines is 3. The minimum atomic E-state index is -0.266. The third-order valence-corrected chi connectivity index (χ3v) is 7.23. The molecule has 4 rings (SSSR count). The van der Waals surface area contributed by atoms with Crippen LogP contribution in [0.15, 0.2) is 79.0 Å². The minimum absolute atomic E-state index is 0.0246. The van der Waals surface area contributed by atoms with E-state index in [1.54, 1.807) is 30.3 Å². The predicted molar refractivity (Wildman–Crippen MR) is 167 cm³/mol. The molecule has 212 valence electrons. The van der Waals surface area contributed by atoms with Gasteiger partial charge in [-0.15, -0.1) is 0 Å². The predicted octanol–water partition coefficient (Wildman–Crippen LogP) is 7.62. The Bertz CT molecular complexity index is 1550. The van der Waals surface area contributed by atoms with Crippen molar-refractivity contribution in [1.29, 1.82) is 0 Å². The van der Waals surface area contributed by atoms with Crippen molar-refractivity contribution in [3.63, 3.8) is 0 Å². The molecule has 0 spiro atoms. The molecule has 0 unspecified atom stereocenters. The molecule has 0 aliphatic heterocycles. The van der Waals surface area contributed by atoms with E-state index in [-0.39, 0.29) is 22.8 Å². The topological polar surface area (TPSA) is 87.2 Å². The molecule has 0 saturated heterocycles. The first-order chi connectivity index (χ1) is 19.2. The lowest BCUT2D eigenvalue weighted by Gasteiger charge is -2.32. The van der Waals surface area contributed by atoms with Gasteiger partial charge in [0.1, 0.15) is 0 Å². The number of rotatable bonds is 6. The van der Waals surface area contributed by atoms with Gasteiger partial charge in [-0.1, -0.05) is 45.0 Å². The molecule has 0 saturated carbocycles. The largest absolute Gasteiger partial charge is 0.337 e. The Kier molecular flexibility index (Phi) is 8.29. The first-order valence-corrected chi connectivity index (χ1v) is 13.7. The average molecular weight is 550 g/mol. The number of hydrogen-bond donors (Lipinski definition) is 2. The Balaban J connectivity index is 1.50. The number of benzene rings is 3. The molecule has 2 amide bonds. The first-order valence-electron chi connectivity index (χ1n) is 13.7. The Morgan fingerprint density at radius 3 is 2.05 bits per heavy atom. The molecular formula is C34H39N5O2. The summed E-state index contributed by atoms with van der Waals surface area (Å²) >= 11 is 0. The van der Waals surface area contributed by atoms with Crippen LogP contribution in [0.25, 0.3) is 11.3 Å². The maximum Gasteiger partial charge on any atom is 0.255 e. The van der Waals surface area contributed by atoms with Crippen LogP contribution < -0.4 is 10.6 Å². The molecule has 0 radical (unpaired) electrons. The Morgan fingerprint density at radius 2 is 1.44 bits per heavy atom. The summed E-state index contributed by atoms with van der Waals surface area (Å²) in [5.41, 5.74) is 6.17. The second-order valence-corrected chi connectivity index (χ2v) is 12.3. The lowest BCUT2D eigenvalue weighted by molar-refractivity contribution is 0.0655. The van der Waals surface area contributed by atoms with E-state index in [2.05, 4.69) is 36.4 Å². The van der Waals surface area contributed by atoms with E-state index in [9.17, 15) is 9.59 Å². The van der Waals surface area contributed by atoms with Gasteiger partial charge in [0.2, 0.25) is 5.95 Å². The fraction of sp³-hybridized carbons (Fsp3) is 0.294. The Morgan fingerprint density at radius 1 is 0.805 bits per heavy atom. The van der Waals surface area contributed by atoms with Gasteiger partial charge in [0.15, 0.2) is 0 Å². The van der Waals surface area contributed by atoms with Crippen LogP contribution in [0.2, 0.25) is 0 Å². The van der Waals surface area contributed by atoms with Crippen molar-refractivity contribution in [3.8, 4) is 11.3 Å². The van der Waals surface area contributed by atoms with Crippen molar-refractivity contribution >= 4 is 29.1 Å². The van der Waals surface area contributed by atoms with Gasteiger partial charge in [0, 0.05) is 46.8 Å². The number of aromatic nitrogens is 2. The number of hydrogen-bond acceptors (Lipinski definition) is 5. The highest BCUT2D eigenvalue weighted by atomic mass is 16.2. The van der Waals surface area contributed by atoms with Crippen molar-refractivity contribution < 1.29 is 9.59 Å². The van der Waals surface area contributed by atoms with Crippen molar-refractivity contribution in [1.82, 2.24) is 14.9 Å². The van der Waals surface area contributed by atoms with Crippen molar-refractivity contribution in [2.24, 2.45) is 0 Å². The molecule has 1 aromatic heterocycles. The maximum absolute atomic E-state index is 13.0. The molecule has 1 heterocycles. The zero-order valence-electron chi connectivity index (χ0n) is 25.2. The summed E-state index contributed by atoms with van der Waals surface area (Å²) in [6.07, 6.45) is 1.70. The van der Waals surface area contributed by atoms with E-state index in [0.717, 1.165) is 28.2 Å². The van der Waals surface area contributed by atoms with Crippen LogP contribution in [0.5, 0.6) is 0 Å². The molecule has 0 bridgehead atoms. The summed E-state index contributed by atoms with van der Waals surface area (Å²) in [5, 5.41) is 6.28. The van der Waals surface area contributed by atoms with E-state index < -0.39 is 0 Å². The number of nitrogens with one attached hydrogen (secondary N) is 2. The van der Waals surface area contributed by atoms with Gasteiger partial charge in [-0.2, -0.15) is 0 Å². The third kappa shape index (κ3) is 6.98. The highest BCUT2D eigenvalue weighted by molar-refractivity contribution is 6.05. The van der Waals surface area contributed by atoms with E-state index in [1.807, 2.05) is 88.4 Å². The lowest BCUT2D eigenvalue weighted by Crippen LogP contribution is -2.42. The fourth-order valence-corrected chi connectivity index (χ4v) is 4.26. The van der Waals surface area contributed by atoms with Crippen LogP contribution in [0.3, 0.4) is 0 Å². The van der Waals surface area contributed by atoms with Gasteiger partial charge in [-0.3, -0.25) is 9.59 Å². The zero-order valence-corrected chi connectivity index (χ0v) is 25.2. The standard InChI is InChI=1S/C34H39N5O2/c1-22-27(10-9-11-28(22)37-30(40)23-12-16-25(17-13-23)33(2,3)4)29-20-21-35-32(38-29)36-26-18-14-24(15-19-26)31(41)39(8)34(5,6)7/h9-21H,1-8H3,(H,37,40)(H,35,36,38). The number of amides is 2. The smallest absolute Gasteiger partial charge is 0.255 e. The Labute approximate surface area is 243 Å². The molecule has 0 aliphatic rings. The second kappa shape index (κ2) is 11.5. The zero-order chi connectivity index (χ0) is 29.9. The van der Waals surface area contributed by atoms with Crippen molar-refractivity contribution in [2.75, 3.05) is 17.7 Å². The monoisotopic (exact) mass is 549 g/mol. The summed E-state index contributed by atoms with van der Waals surface area (Å²) in [5.74, 6) is 0.235. The average Bonchev–Trinajstić information content (AvgIpc) is 2.93. The van der Waals surface area contributed by atoms with Crippen molar-refractivity contribution in [2.45, 2.75) is 59.4 Å². The fourth-order valence-electron chi connectivity index (χ4n) is 4.26. The second-order valence-electron chi connectivity index (χ2n) is 12.3. The summed E-state index contributed by atoms with van der Waals surface area (Å²) < 4.78 is 0. The van der Waals surface area contributed by atoms with E-state index in [4.69, 9.17) is 4.98 Å². The summed E-state index contributed by atoms with van der Waals surface area (Å²) in [4.78, 5) is 36.6. The number of carbonyl (C=O) groups excluding carboxylic acids is 2. The quantitative estimate of drug-likeness (QED) is 0.258. The highest BCUT2D eigenvalue weighted by Gasteiger charge is 2.23. The molecular weight excluding hydrogens is 510 g/mol. The molecule has 0 fully saturated rings. The molecule has 7 nitrogen and oxygen atoms in total. The molecule has 7 heteroatoms. The van der Waals surface area contributed by atoms with Gasteiger partial charge >= 0.3 is 0 Å². The Hall–Kier alpha value is -4.52. The minimum Gasteiger partial charge on any atom is -0.337 e. The lowest BCUT2D eigenvalue weighted by atomic mass is 9.86. The van der Waals surface area contributed by atoms with Crippen molar-refractivity contribution in [3.05, 3.63) is 101 Å². The van der Waals surface area contributed by atoms with Gasteiger partial charge in [-0.05, 0) is 92.8 Å². The van der Waals surface area contributed by atoms with Crippen LogP contribution in [-0.2, 0) is 5.41 Å². The van der Waals surface area contributed by atoms with E-state index in [1.165, 1.54) is 5.56 Å². The number of carbonyl (C=O) groups is 2. The number of nitrogens with zero attached hydrogens (tertiary/aromatic N) is 3. The van der Waals surface area contributed by atoms with E-state index in [0.29, 0.717) is 17.1 Å². The SMILES string of the molecule is Cc1c(NC(=O)c2ccc(C(C)(C)C)cc2)cccc1-c1ccnc(Nc2ccc(C(=O)N(C)C(C)(C)C)cc2)n1. The molecule has 4 aromatic rings. The van der Waals surface area contributed by atoms with E-state index >= 15 is 0 Å². The molecule has 2 N–H and O–H groups in total. The van der Waals surface area contributed by atoms with Crippen LogP contribution in [0.1, 0.15) is 73.4 Å². The normalized spacial score (nSPS) is 11.6.